The predicted octanol–water partition coefficient (Wildman–Crippen LogP) is 5.11. The lowest BCUT2D eigenvalue weighted by molar-refractivity contribution is 0.676. The summed E-state index contributed by atoms with van der Waals surface area (Å²) >= 11 is 0. The van der Waals surface area contributed by atoms with Crippen LogP contribution in [0.15, 0.2) is 60.8 Å². The quantitative estimate of drug-likeness (QED) is 0.657. The van der Waals surface area contributed by atoms with E-state index in [4.69, 9.17) is 0 Å². The Hall–Kier alpha value is -2.02. The van der Waals surface area contributed by atoms with Crippen molar-refractivity contribution in [1.82, 2.24) is 4.98 Å². The standard InChI is InChI=1S/C19H20N/c1-15(8-7-11-16-9-3-2-4-10-16)18-14-20-19-13-6-5-12-17(18)19/h2-6,9-10,12-15,20H,1,7-8,11H2. The number of H-pyrrole nitrogens is 1. The average molecular weight is 262 g/mol. The number of rotatable bonds is 5. The van der Waals surface area contributed by atoms with E-state index in [-0.39, 0.29) is 0 Å². The van der Waals surface area contributed by atoms with Gasteiger partial charge >= 0.3 is 0 Å². The van der Waals surface area contributed by atoms with Crippen LogP contribution in [-0.4, -0.2) is 4.98 Å². The molecule has 1 aromatic heterocycles. The Morgan fingerprint density at radius 3 is 2.55 bits per heavy atom. The van der Waals surface area contributed by atoms with Crippen molar-refractivity contribution in [2.45, 2.75) is 25.2 Å². The Labute approximate surface area is 120 Å². The van der Waals surface area contributed by atoms with E-state index in [0.29, 0.717) is 5.92 Å². The van der Waals surface area contributed by atoms with E-state index in [1.54, 1.807) is 0 Å². The van der Waals surface area contributed by atoms with Crippen LogP contribution >= 0.6 is 0 Å². The Morgan fingerprint density at radius 2 is 1.70 bits per heavy atom. The fraction of sp³-hybridized carbons (Fsp3) is 0.211. The molecule has 1 heteroatoms. The van der Waals surface area contributed by atoms with Crippen LogP contribution in [0.4, 0.5) is 0 Å². The van der Waals surface area contributed by atoms with Gasteiger partial charge in [0.25, 0.3) is 0 Å². The van der Waals surface area contributed by atoms with Gasteiger partial charge in [0, 0.05) is 17.1 Å². The third-order valence-corrected chi connectivity index (χ3v) is 3.92. The number of nitrogens with one attached hydrogen (secondary N) is 1. The Bertz CT molecular complexity index is 666. The highest BCUT2D eigenvalue weighted by atomic mass is 14.7. The van der Waals surface area contributed by atoms with Crippen LogP contribution in [0.1, 0.15) is 29.9 Å². The van der Waals surface area contributed by atoms with Gasteiger partial charge in [-0.3, -0.25) is 0 Å². The summed E-state index contributed by atoms with van der Waals surface area (Å²) in [6.07, 6.45) is 5.55. The van der Waals surface area contributed by atoms with Gasteiger partial charge < -0.3 is 4.98 Å². The van der Waals surface area contributed by atoms with Gasteiger partial charge in [0.1, 0.15) is 0 Å². The Morgan fingerprint density at radius 1 is 0.950 bits per heavy atom. The summed E-state index contributed by atoms with van der Waals surface area (Å²) < 4.78 is 0. The highest BCUT2D eigenvalue weighted by Crippen LogP contribution is 2.28. The molecule has 1 heterocycles. The molecule has 1 N–H and O–H groups in total. The SMILES string of the molecule is [CH2]C(CCCc1ccccc1)c1c[nH]c2ccccc12. The van der Waals surface area contributed by atoms with Gasteiger partial charge in [-0.25, -0.2) is 0 Å². The minimum atomic E-state index is 0.356. The fourth-order valence-electron chi connectivity index (χ4n) is 2.78. The van der Waals surface area contributed by atoms with E-state index in [1.165, 1.54) is 28.5 Å². The molecule has 0 bridgehead atoms. The highest BCUT2D eigenvalue weighted by Gasteiger charge is 2.10. The van der Waals surface area contributed by atoms with E-state index in [1.807, 2.05) is 0 Å². The predicted molar refractivity (Wildman–Crippen MR) is 85.8 cm³/mol. The zero-order valence-corrected chi connectivity index (χ0v) is 11.7. The third-order valence-electron chi connectivity index (χ3n) is 3.92. The fourth-order valence-corrected chi connectivity index (χ4v) is 2.78. The number of aromatic amines is 1. The summed E-state index contributed by atoms with van der Waals surface area (Å²) in [4.78, 5) is 3.34. The lowest BCUT2D eigenvalue weighted by Crippen LogP contribution is -1.94. The van der Waals surface area contributed by atoms with Crippen LogP contribution in [0.25, 0.3) is 10.9 Å². The number of fused-ring (bicyclic) bond motifs is 1. The first kappa shape index (κ1) is 13.0. The molecule has 0 amide bonds. The van der Waals surface area contributed by atoms with Crippen LogP contribution < -0.4 is 0 Å². The van der Waals surface area contributed by atoms with Crippen LogP contribution in [0.5, 0.6) is 0 Å². The van der Waals surface area contributed by atoms with Crippen LogP contribution in [0.3, 0.4) is 0 Å². The number of benzene rings is 2. The van der Waals surface area contributed by atoms with Crippen LogP contribution in [0, 0.1) is 6.92 Å². The van der Waals surface area contributed by atoms with Gasteiger partial charge in [-0.15, -0.1) is 0 Å². The lowest BCUT2D eigenvalue weighted by Gasteiger charge is -2.10. The normalized spacial score (nSPS) is 12.7. The second-order valence-corrected chi connectivity index (χ2v) is 5.36. The van der Waals surface area contributed by atoms with Crippen molar-refractivity contribution in [2.75, 3.05) is 0 Å². The minimum Gasteiger partial charge on any atom is -0.361 e. The first-order chi connectivity index (χ1) is 9.84. The summed E-state index contributed by atoms with van der Waals surface area (Å²) in [5, 5.41) is 1.31. The molecule has 1 atom stereocenters. The monoisotopic (exact) mass is 262 g/mol. The van der Waals surface area contributed by atoms with Crippen molar-refractivity contribution in [3.63, 3.8) is 0 Å². The molecule has 0 aliphatic rings. The maximum Gasteiger partial charge on any atom is 0.0456 e. The van der Waals surface area contributed by atoms with Crippen molar-refractivity contribution in [2.24, 2.45) is 0 Å². The van der Waals surface area contributed by atoms with Crippen LogP contribution in [0.2, 0.25) is 0 Å². The summed E-state index contributed by atoms with van der Waals surface area (Å²) in [5.74, 6) is 0.356. The molecule has 1 unspecified atom stereocenters. The molecule has 1 radical (unpaired) electrons. The molecule has 0 saturated heterocycles. The molecule has 2 aromatic carbocycles. The third kappa shape index (κ3) is 2.77. The minimum absolute atomic E-state index is 0.356. The smallest absolute Gasteiger partial charge is 0.0456 e. The van der Waals surface area contributed by atoms with Gasteiger partial charge in [-0.2, -0.15) is 0 Å². The Balaban J connectivity index is 1.63. The Kier molecular flexibility index (Phi) is 3.87. The molecule has 0 aliphatic heterocycles. The molecule has 101 valence electrons. The molecule has 3 aromatic rings. The van der Waals surface area contributed by atoms with Gasteiger partial charge in [0.15, 0.2) is 0 Å². The molecule has 0 aliphatic carbocycles. The molecule has 0 saturated carbocycles. The van der Waals surface area contributed by atoms with Crippen molar-refractivity contribution in [3.8, 4) is 0 Å². The number of hydrogen-bond acceptors (Lipinski definition) is 0. The van der Waals surface area contributed by atoms with E-state index < -0.39 is 0 Å². The molecular formula is C19H20N. The van der Waals surface area contributed by atoms with E-state index >= 15 is 0 Å². The highest BCUT2D eigenvalue weighted by molar-refractivity contribution is 5.83. The van der Waals surface area contributed by atoms with Crippen molar-refractivity contribution >= 4 is 10.9 Å². The summed E-state index contributed by atoms with van der Waals surface area (Å²) in [6.45, 7) is 4.34. The zero-order chi connectivity index (χ0) is 13.8. The maximum atomic E-state index is 4.34. The van der Waals surface area contributed by atoms with Gasteiger partial charge in [0.2, 0.25) is 0 Å². The van der Waals surface area contributed by atoms with Gasteiger partial charge in [0.05, 0.1) is 0 Å². The van der Waals surface area contributed by atoms with Crippen molar-refractivity contribution in [1.29, 1.82) is 0 Å². The zero-order valence-electron chi connectivity index (χ0n) is 11.7. The largest absolute Gasteiger partial charge is 0.361 e. The van der Waals surface area contributed by atoms with E-state index in [9.17, 15) is 0 Å². The van der Waals surface area contributed by atoms with E-state index in [2.05, 4.69) is 72.7 Å². The second kappa shape index (κ2) is 5.96. The van der Waals surface area contributed by atoms with Gasteiger partial charge in [-0.05, 0) is 49.3 Å². The summed E-state index contributed by atoms with van der Waals surface area (Å²) in [7, 11) is 0. The lowest BCUT2D eigenvalue weighted by atomic mass is 9.94. The number of aromatic nitrogens is 1. The van der Waals surface area contributed by atoms with Crippen molar-refractivity contribution < 1.29 is 0 Å². The summed E-state index contributed by atoms with van der Waals surface area (Å²) in [5.41, 5.74) is 3.96. The topological polar surface area (TPSA) is 15.8 Å². The molecule has 0 spiro atoms. The maximum absolute atomic E-state index is 4.34. The molecule has 3 rings (SSSR count). The first-order valence-electron chi connectivity index (χ1n) is 7.27. The molecular weight excluding hydrogens is 242 g/mol. The molecule has 0 fully saturated rings. The molecule has 20 heavy (non-hydrogen) atoms. The number of hydrogen-bond donors (Lipinski definition) is 1. The summed E-state index contributed by atoms with van der Waals surface area (Å²) in [6, 6.07) is 19.1. The number of para-hydroxylation sites is 1. The first-order valence-corrected chi connectivity index (χ1v) is 7.27. The van der Waals surface area contributed by atoms with Crippen molar-refractivity contribution in [3.05, 3.63) is 78.8 Å². The number of aryl methyl sites for hydroxylation is 1. The van der Waals surface area contributed by atoms with E-state index in [0.717, 1.165) is 12.8 Å². The van der Waals surface area contributed by atoms with Crippen LogP contribution in [-0.2, 0) is 6.42 Å². The van der Waals surface area contributed by atoms with Gasteiger partial charge in [-0.1, -0.05) is 48.5 Å². The average Bonchev–Trinajstić information content (AvgIpc) is 2.92. The molecule has 1 nitrogen and oxygen atoms in total. The second-order valence-electron chi connectivity index (χ2n) is 5.36.